The number of nitrogens with zero attached hydrogens (tertiary/aromatic N) is 2. The molecule has 0 saturated carbocycles. The molecule has 0 amide bonds. The van der Waals surface area contributed by atoms with Gasteiger partial charge >= 0.3 is 11.7 Å². The largest absolute Gasteiger partial charge is 0.463 e. The molecule has 1 unspecified atom stereocenters. The van der Waals surface area contributed by atoms with Crippen LogP contribution in [-0.2, 0) is 5.66 Å². The molecule has 1 aliphatic heterocycles. The molecule has 2 heterocycles. The molecule has 0 aliphatic carbocycles. The van der Waals surface area contributed by atoms with Crippen LogP contribution in [0, 0.1) is 0 Å². The first kappa shape index (κ1) is 19.2. The smallest absolute Gasteiger partial charge is 0.340 e. The number of ether oxygens (including phenoxy) is 1. The minimum Gasteiger partial charge on any atom is -0.463 e. The van der Waals surface area contributed by atoms with Crippen LogP contribution in [0.15, 0.2) is 22.8 Å². The highest BCUT2D eigenvalue weighted by Gasteiger charge is 2.42. The second-order valence-corrected chi connectivity index (χ2v) is 9.05. The molecule has 0 spiro atoms. The van der Waals surface area contributed by atoms with Crippen LogP contribution in [0.25, 0.3) is 10.9 Å². The Hall–Kier alpha value is -0.600. The van der Waals surface area contributed by atoms with Crippen LogP contribution in [0.1, 0.15) is 24.8 Å². The molecule has 2 N–H and O–H groups in total. The van der Waals surface area contributed by atoms with Gasteiger partial charge in [0.2, 0.25) is 8.38 Å². The van der Waals surface area contributed by atoms with E-state index in [1.807, 2.05) is 11.8 Å². The van der Waals surface area contributed by atoms with Crippen molar-refractivity contribution < 1.29 is 23.3 Å². The van der Waals surface area contributed by atoms with Crippen LogP contribution < -0.4 is 4.74 Å². The highest BCUT2D eigenvalue weighted by molar-refractivity contribution is 9.10. The van der Waals surface area contributed by atoms with Crippen molar-refractivity contribution in [3.63, 3.8) is 0 Å². The summed E-state index contributed by atoms with van der Waals surface area (Å²) in [5.74, 6) is 1.18. The number of halogens is 3. The highest BCUT2D eigenvalue weighted by Crippen LogP contribution is 2.54. The van der Waals surface area contributed by atoms with Crippen molar-refractivity contribution in [1.29, 1.82) is 0 Å². The summed E-state index contributed by atoms with van der Waals surface area (Å²) < 4.78 is 33.5. The maximum atomic E-state index is 14.0. The van der Waals surface area contributed by atoms with E-state index in [0.717, 1.165) is 12.5 Å². The van der Waals surface area contributed by atoms with Gasteiger partial charge in [-0.3, -0.25) is 0 Å². The fourth-order valence-electron chi connectivity index (χ4n) is 2.60. The Balaban J connectivity index is 1.79. The predicted molar refractivity (Wildman–Crippen MR) is 98.1 cm³/mol. The molecule has 0 bridgehead atoms. The highest BCUT2D eigenvalue weighted by atomic mass is 79.9. The summed E-state index contributed by atoms with van der Waals surface area (Å²) in [5, 5.41) is 1.14. The van der Waals surface area contributed by atoms with E-state index in [2.05, 4.69) is 25.9 Å². The number of rotatable bonds is 6. The van der Waals surface area contributed by atoms with Crippen LogP contribution in [0.4, 0.5) is 8.78 Å². The van der Waals surface area contributed by atoms with Crippen LogP contribution in [0.3, 0.4) is 0 Å². The van der Waals surface area contributed by atoms with Gasteiger partial charge in [-0.05, 0) is 37.1 Å². The number of aromatic nitrogens is 2. The molecule has 1 aromatic heterocycles. The van der Waals surface area contributed by atoms with E-state index in [4.69, 9.17) is 14.5 Å². The van der Waals surface area contributed by atoms with Crippen LogP contribution in [0.5, 0.6) is 6.01 Å². The minimum atomic E-state index is -3.76. The van der Waals surface area contributed by atoms with E-state index >= 15 is 0 Å². The van der Waals surface area contributed by atoms with E-state index in [0.29, 0.717) is 17.2 Å². The summed E-state index contributed by atoms with van der Waals surface area (Å²) in [4.78, 5) is 26.2. The van der Waals surface area contributed by atoms with Crippen LogP contribution in [-0.4, -0.2) is 37.4 Å². The summed E-state index contributed by atoms with van der Waals surface area (Å²) >= 11 is 4.97. The number of benzene rings is 1. The van der Waals surface area contributed by atoms with Crippen LogP contribution in [0.2, 0.25) is 0 Å². The molecular formula is C15H16BrF2N2O3PS. The number of thioether (sulfide) groups is 1. The van der Waals surface area contributed by atoms with E-state index in [-0.39, 0.29) is 16.0 Å². The molecule has 1 aliphatic rings. The molecule has 0 radical (unpaired) electrons. The lowest BCUT2D eigenvalue weighted by Crippen LogP contribution is -2.12. The summed E-state index contributed by atoms with van der Waals surface area (Å²) in [7, 11) is -3.45. The topological polar surface area (TPSA) is 75.5 Å². The minimum absolute atomic E-state index is 0.0659. The number of hydrogen-bond acceptors (Lipinski definition) is 6. The molecule has 2 aromatic rings. The molecule has 10 heteroatoms. The lowest BCUT2D eigenvalue weighted by atomic mass is 10.1. The van der Waals surface area contributed by atoms with Crippen molar-refractivity contribution >= 4 is 47.0 Å². The van der Waals surface area contributed by atoms with Crippen molar-refractivity contribution in [1.82, 2.24) is 9.97 Å². The third kappa shape index (κ3) is 4.39. The maximum absolute atomic E-state index is 14.0. The van der Waals surface area contributed by atoms with Gasteiger partial charge in [0.15, 0.2) is 0 Å². The standard InChI is InChI=1S/C15H16BrF2N2O3PS/c16-12-6-9-8-19-14(23-4-3-10-2-1-5-25-10)20-13(9)7-11(12)15(17,18)24(21)22/h6-8,10,21-22H,1-5H2. The van der Waals surface area contributed by atoms with E-state index in [1.165, 1.54) is 30.9 Å². The van der Waals surface area contributed by atoms with Gasteiger partial charge in [-0.1, -0.05) is 15.9 Å². The van der Waals surface area contributed by atoms with E-state index < -0.39 is 19.6 Å². The first-order valence-electron chi connectivity index (χ1n) is 7.65. The third-order valence-corrected chi connectivity index (χ3v) is 6.78. The lowest BCUT2D eigenvalue weighted by molar-refractivity contribution is 0.0726. The van der Waals surface area contributed by atoms with Gasteiger partial charge in [-0.15, -0.1) is 0 Å². The summed E-state index contributed by atoms with van der Waals surface area (Å²) in [5.41, 5.74) is -4.02. The monoisotopic (exact) mass is 452 g/mol. The second kappa shape index (κ2) is 7.96. The average molecular weight is 453 g/mol. The average Bonchev–Trinajstić information content (AvgIpc) is 3.07. The molecule has 5 nitrogen and oxygen atoms in total. The van der Waals surface area contributed by atoms with Gasteiger partial charge in [-0.2, -0.15) is 25.5 Å². The Bertz CT molecular complexity index is 763. The van der Waals surface area contributed by atoms with E-state index in [9.17, 15) is 8.78 Å². The quantitative estimate of drug-likeness (QED) is 0.632. The fraction of sp³-hybridized carbons (Fsp3) is 0.467. The molecule has 1 atom stereocenters. The molecule has 1 fully saturated rings. The third-order valence-electron chi connectivity index (χ3n) is 3.92. The Morgan fingerprint density at radius 2 is 2.20 bits per heavy atom. The Morgan fingerprint density at radius 1 is 1.40 bits per heavy atom. The van der Waals surface area contributed by atoms with Gasteiger partial charge in [0, 0.05) is 26.9 Å². The second-order valence-electron chi connectivity index (χ2n) is 5.65. The van der Waals surface area contributed by atoms with Gasteiger partial charge in [0.1, 0.15) is 0 Å². The summed E-state index contributed by atoms with van der Waals surface area (Å²) in [6.45, 7) is 0.474. The van der Waals surface area contributed by atoms with Crippen molar-refractivity contribution in [3.8, 4) is 6.01 Å². The Kier molecular flexibility index (Phi) is 6.11. The molecule has 3 rings (SSSR count). The van der Waals surface area contributed by atoms with Crippen molar-refractivity contribution in [2.45, 2.75) is 30.2 Å². The number of alkyl halides is 2. The van der Waals surface area contributed by atoms with Crippen molar-refractivity contribution in [2.24, 2.45) is 0 Å². The summed E-state index contributed by atoms with van der Waals surface area (Å²) in [6, 6.07) is 2.68. The molecular weight excluding hydrogens is 437 g/mol. The number of fused-ring (bicyclic) bond motifs is 1. The van der Waals surface area contributed by atoms with Gasteiger partial charge in [0.25, 0.3) is 0 Å². The predicted octanol–water partition coefficient (Wildman–Crippen LogP) is 4.40. The maximum Gasteiger partial charge on any atom is 0.340 e. The lowest BCUT2D eigenvalue weighted by Gasteiger charge is -2.19. The van der Waals surface area contributed by atoms with Gasteiger partial charge in [0.05, 0.1) is 12.1 Å². The first-order chi connectivity index (χ1) is 11.9. The van der Waals surface area contributed by atoms with E-state index in [1.54, 1.807) is 0 Å². The fourth-order valence-corrected chi connectivity index (χ4v) is 5.02. The van der Waals surface area contributed by atoms with Crippen molar-refractivity contribution in [3.05, 3.63) is 28.4 Å². The first-order valence-corrected chi connectivity index (χ1v) is 10.7. The van der Waals surface area contributed by atoms with Gasteiger partial charge < -0.3 is 14.5 Å². The Morgan fingerprint density at radius 3 is 2.88 bits per heavy atom. The SMILES string of the molecule is OP(O)C(F)(F)c1cc2nc(OCCC3CCCS3)ncc2cc1Br. The molecule has 1 saturated heterocycles. The molecule has 136 valence electrons. The van der Waals surface area contributed by atoms with Crippen molar-refractivity contribution in [2.75, 3.05) is 12.4 Å². The Labute approximate surface area is 157 Å². The van der Waals surface area contributed by atoms with Crippen LogP contribution >= 0.6 is 36.1 Å². The summed E-state index contributed by atoms with van der Waals surface area (Å²) in [6.07, 6.45) is 4.81. The molecule has 1 aromatic carbocycles. The zero-order valence-corrected chi connectivity index (χ0v) is 16.3. The normalized spacial score (nSPS) is 18.2. The molecule has 25 heavy (non-hydrogen) atoms. The zero-order valence-electron chi connectivity index (χ0n) is 13.0. The van der Waals surface area contributed by atoms with Gasteiger partial charge in [-0.25, -0.2) is 4.98 Å². The number of hydrogen-bond donors (Lipinski definition) is 2. The zero-order chi connectivity index (χ0) is 18.0.